The minimum atomic E-state index is -0.463. The molecule has 0 spiro atoms. The third-order valence-corrected chi connectivity index (χ3v) is 3.16. The SMILES string of the molecule is C=CCN1C(=O)N/C(=C/c2cccc(OC)c2OC(C)C)C1=O. The van der Waals surface area contributed by atoms with E-state index in [-0.39, 0.29) is 18.3 Å². The Morgan fingerprint density at radius 1 is 1.35 bits per heavy atom. The molecule has 1 aromatic carbocycles. The fraction of sp³-hybridized carbons (Fsp3) is 0.294. The van der Waals surface area contributed by atoms with Crippen molar-refractivity contribution in [3.05, 3.63) is 42.1 Å². The highest BCUT2D eigenvalue weighted by Gasteiger charge is 2.32. The first-order valence-corrected chi connectivity index (χ1v) is 7.27. The Morgan fingerprint density at radius 3 is 2.70 bits per heavy atom. The van der Waals surface area contributed by atoms with Crippen molar-refractivity contribution in [3.8, 4) is 11.5 Å². The van der Waals surface area contributed by atoms with Crippen molar-refractivity contribution in [1.29, 1.82) is 0 Å². The van der Waals surface area contributed by atoms with Crippen molar-refractivity contribution in [2.24, 2.45) is 0 Å². The van der Waals surface area contributed by atoms with Gasteiger partial charge >= 0.3 is 6.03 Å². The van der Waals surface area contributed by atoms with E-state index in [1.165, 1.54) is 6.08 Å². The normalized spacial score (nSPS) is 16.0. The summed E-state index contributed by atoms with van der Waals surface area (Å²) in [7, 11) is 1.55. The molecule has 0 bridgehead atoms. The minimum Gasteiger partial charge on any atom is -0.493 e. The van der Waals surface area contributed by atoms with Gasteiger partial charge in [0.1, 0.15) is 5.70 Å². The summed E-state index contributed by atoms with van der Waals surface area (Å²) in [5, 5.41) is 2.56. The van der Waals surface area contributed by atoms with Gasteiger partial charge in [-0.3, -0.25) is 9.69 Å². The second-order valence-corrected chi connectivity index (χ2v) is 5.24. The molecule has 1 fully saturated rings. The zero-order valence-corrected chi connectivity index (χ0v) is 13.5. The Bertz CT molecular complexity index is 665. The lowest BCUT2D eigenvalue weighted by atomic mass is 10.1. The number of nitrogens with one attached hydrogen (secondary N) is 1. The Balaban J connectivity index is 2.41. The molecule has 2 rings (SSSR count). The molecule has 3 amide bonds. The van der Waals surface area contributed by atoms with Gasteiger partial charge in [-0.05, 0) is 26.0 Å². The molecule has 1 aliphatic rings. The number of hydrogen-bond donors (Lipinski definition) is 1. The Kier molecular flexibility index (Phi) is 5.05. The van der Waals surface area contributed by atoms with Gasteiger partial charge in [-0.1, -0.05) is 18.2 Å². The fourth-order valence-corrected chi connectivity index (χ4v) is 2.19. The van der Waals surface area contributed by atoms with Gasteiger partial charge in [0, 0.05) is 12.1 Å². The minimum absolute atomic E-state index is 0.0606. The molecule has 0 unspecified atom stereocenters. The topological polar surface area (TPSA) is 67.9 Å². The third-order valence-electron chi connectivity index (χ3n) is 3.16. The van der Waals surface area contributed by atoms with Crippen LogP contribution in [-0.2, 0) is 4.79 Å². The quantitative estimate of drug-likeness (QED) is 0.497. The molecular weight excluding hydrogens is 296 g/mol. The van der Waals surface area contributed by atoms with Crippen LogP contribution in [-0.4, -0.2) is 36.6 Å². The molecule has 1 saturated heterocycles. The van der Waals surface area contributed by atoms with E-state index < -0.39 is 11.9 Å². The summed E-state index contributed by atoms with van der Waals surface area (Å²) in [5.41, 5.74) is 0.848. The number of ether oxygens (including phenoxy) is 2. The van der Waals surface area contributed by atoms with Crippen molar-refractivity contribution >= 4 is 18.0 Å². The maximum absolute atomic E-state index is 12.3. The lowest BCUT2D eigenvalue weighted by Crippen LogP contribution is -2.30. The predicted octanol–water partition coefficient (Wildman–Crippen LogP) is 2.56. The number of imide groups is 1. The maximum Gasteiger partial charge on any atom is 0.329 e. The summed E-state index contributed by atoms with van der Waals surface area (Å²) >= 11 is 0. The summed E-state index contributed by atoms with van der Waals surface area (Å²) in [5.74, 6) is 0.697. The average Bonchev–Trinajstić information content (AvgIpc) is 2.76. The van der Waals surface area contributed by atoms with Gasteiger partial charge in [-0.15, -0.1) is 6.58 Å². The standard InChI is InChI=1S/C17H20N2O4/c1-5-9-19-16(20)13(18-17(19)21)10-12-7-6-8-14(22-4)15(12)23-11(2)3/h5-8,10-11H,1,9H2,2-4H3,(H,18,21)/b13-10+. The van der Waals surface area contributed by atoms with Crippen LogP contribution in [0.25, 0.3) is 6.08 Å². The number of benzene rings is 1. The highest BCUT2D eigenvalue weighted by molar-refractivity contribution is 6.14. The van der Waals surface area contributed by atoms with Crippen molar-refractivity contribution in [3.63, 3.8) is 0 Å². The number of urea groups is 1. The van der Waals surface area contributed by atoms with E-state index in [2.05, 4.69) is 11.9 Å². The lowest BCUT2D eigenvalue weighted by molar-refractivity contribution is -0.122. The lowest BCUT2D eigenvalue weighted by Gasteiger charge is -2.16. The van der Waals surface area contributed by atoms with E-state index in [0.29, 0.717) is 17.1 Å². The predicted molar refractivity (Wildman–Crippen MR) is 87.2 cm³/mol. The molecule has 6 nitrogen and oxygen atoms in total. The largest absolute Gasteiger partial charge is 0.493 e. The zero-order chi connectivity index (χ0) is 17.0. The zero-order valence-electron chi connectivity index (χ0n) is 13.5. The molecule has 0 atom stereocenters. The van der Waals surface area contributed by atoms with Crippen molar-refractivity contribution in [1.82, 2.24) is 10.2 Å². The molecule has 0 aliphatic carbocycles. The van der Waals surface area contributed by atoms with Gasteiger partial charge < -0.3 is 14.8 Å². The Hall–Kier alpha value is -2.76. The van der Waals surface area contributed by atoms with Crippen molar-refractivity contribution in [2.75, 3.05) is 13.7 Å². The van der Waals surface area contributed by atoms with E-state index in [1.807, 2.05) is 13.8 Å². The van der Waals surface area contributed by atoms with E-state index in [9.17, 15) is 9.59 Å². The second-order valence-electron chi connectivity index (χ2n) is 5.24. The molecule has 1 heterocycles. The summed E-state index contributed by atoms with van der Waals surface area (Å²) in [6.07, 6.45) is 3.03. The molecule has 23 heavy (non-hydrogen) atoms. The fourth-order valence-electron chi connectivity index (χ4n) is 2.19. The van der Waals surface area contributed by atoms with Crippen LogP contribution in [0.5, 0.6) is 11.5 Å². The number of methoxy groups -OCH3 is 1. The molecule has 6 heteroatoms. The summed E-state index contributed by atoms with van der Waals surface area (Å²) in [6, 6.07) is 4.90. The van der Waals surface area contributed by atoms with E-state index in [1.54, 1.807) is 31.4 Å². The first kappa shape index (κ1) is 16.6. The molecule has 1 aliphatic heterocycles. The van der Waals surface area contributed by atoms with Crippen LogP contribution in [0, 0.1) is 0 Å². The first-order valence-electron chi connectivity index (χ1n) is 7.27. The number of para-hydroxylation sites is 1. The van der Waals surface area contributed by atoms with Crippen LogP contribution in [0.3, 0.4) is 0 Å². The molecular formula is C17H20N2O4. The van der Waals surface area contributed by atoms with Crippen LogP contribution in [0.2, 0.25) is 0 Å². The number of carbonyl (C=O) groups excluding carboxylic acids is 2. The molecule has 0 saturated carbocycles. The summed E-state index contributed by atoms with van der Waals surface area (Å²) in [6.45, 7) is 7.50. The Labute approximate surface area is 135 Å². The molecule has 1 N–H and O–H groups in total. The van der Waals surface area contributed by atoms with Crippen LogP contribution in [0.15, 0.2) is 36.6 Å². The third kappa shape index (κ3) is 3.53. The molecule has 0 aromatic heterocycles. The monoisotopic (exact) mass is 316 g/mol. The number of carbonyl (C=O) groups is 2. The molecule has 122 valence electrons. The van der Waals surface area contributed by atoms with Gasteiger partial charge in [-0.2, -0.15) is 0 Å². The van der Waals surface area contributed by atoms with Gasteiger partial charge in [0.25, 0.3) is 5.91 Å². The van der Waals surface area contributed by atoms with Crippen LogP contribution in [0.1, 0.15) is 19.4 Å². The average molecular weight is 316 g/mol. The van der Waals surface area contributed by atoms with Crippen molar-refractivity contribution < 1.29 is 19.1 Å². The number of hydrogen-bond acceptors (Lipinski definition) is 4. The number of amides is 3. The van der Waals surface area contributed by atoms with Crippen LogP contribution in [0.4, 0.5) is 4.79 Å². The number of rotatable bonds is 6. The van der Waals surface area contributed by atoms with E-state index in [4.69, 9.17) is 9.47 Å². The first-order chi connectivity index (χ1) is 11.0. The maximum atomic E-state index is 12.3. The summed E-state index contributed by atoms with van der Waals surface area (Å²) in [4.78, 5) is 25.1. The van der Waals surface area contributed by atoms with Gasteiger partial charge in [0.2, 0.25) is 0 Å². The van der Waals surface area contributed by atoms with E-state index >= 15 is 0 Å². The van der Waals surface area contributed by atoms with Crippen LogP contribution < -0.4 is 14.8 Å². The molecule has 1 aromatic rings. The Morgan fingerprint density at radius 2 is 2.09 bits per heavy atom. The summed E-state index contributed by atoms with van der Waals surface area (Å²) < 4.78 is 11.1. The van der Waals surface area contributed by atoms with E-state index in [0.717, 1.165) is 4.90 Å². The second kappa shape index (κ2) is 7.00. The number of nitrogens with zero attached hydrogens (tertiary/aromatic N) is 1. The van der Waals surface area contributed by atoms with Gasteiger partial charge in [-0.25, -0.2) is 4.79 Å². The van der Waals surface area contributed by atoms with Gasteiger partial charge in [0.15, 0.2) is 11.5 Å². The van der Waals surface area contributed by atoms with Gasteiger partial charge in [0.05, 0.1) is 13.2 Å². The smallest absolute Gasteiger partial charge is 0.329 e. The highest BCUT2D eigenvalue weighted by Crippen LogP contribution is 2.33. The molecule has 0 radical (unpaired) electrons. The highest BCUT2D eigenvalue weighted by atomic mass is 16.5. The van der Waals surface area contributed by atoms with Crippen molar-refractivity contribution in [2.45, 2.75) is 20.0 Å². The van der Waals surface area contributed by atoms with Crippen LogP contribution >= 0.6 is 0 Å².